The first-order chi connectivity index (χ1) is 18.8. The zero-order valence-electron chi connectivity index (χ0n) is 20.3. The monoisotopic (exact) mass is 484 g/mol. The number of benzene rings is 5. The van der Waals surface area contributed by atoms with E-state index in [0.29, 0.717) is 0 Å². The van der Waals surface area contributed by atoms with E-state index in [9.17, 15) is 0 Å². The van der Waals surface area contributed by atoms with Gasteiger partial charge in [0, 0.05) is 39.3 Å². The van der Waals surface area contributed by atoms with E-state index in [1.165, 1.54) is 44.2 Å². The third kappa shape index (κ3) is 2.37. The minimum absolute atomic E-state index is 0.0712. The highest BCUT2D eigenvalue weighted by atomic mass is 15.0. The van der Waals surface area contributed by atoms with Gasteiger partial charge in [-0.3, -0.25) is 4.57 Å². The lowest BCUT2D eigenvalue weighted by atomic mass is 9.60. The zero-order chi connectivity index (χ0) is 25.0. The average Bonchev–Trinajstić information content (AvgIpc) is 3.56. The van der Waals surface area contributed by atoms with Crippen molar-refractivity contribution in [3.8, 4) is 5.69 Å². The lowest BCUT2D eigenvalue weighted by Gasteiger charge is -2.43. The van der Waals surface area contributed by atoms with Crippen LogP contribution < -0.4 is 0 Å². The molecule has 7 aromatic rings. The Hall–Kier alpha value is -5.14. The lowest BCUT2D eigenvalue weighted by Crippen LogP contribution is -2.27. The maximum atomic E-state index is 8.16. The Kier molecular flexibility index (Phi) is 3.68. The quantitative estimate of drug-likeness (QED) is 0.234. The van der Waals surface area contributed by atoms with Crippen LogP contribution in [-0.2, 0) is 0 Å². The molecule has 4 nitrogen and oxygen atoms in total. The first-order valence-corrected chi connectivity index (χ1v) is 12.9. The second-order valence-corrected chi connectivity index (χ2v) is 10.3. The fourth-order valence-corrected chi connectivity index (χ4v) is 7.12. The zero-order valence-corrected chi connectivity index (χ0v) is 20.3. The average molecular weight is 485 g/mol. The summed E-state index contributed by atoms with van der Waals surface area (Å²) < 4.78 is 2.13. The summed E-state index contributed by atoms with van der Waals surface area (Å²) in [6.07, 6.45) is 1.90. The van der Waals surface area contributed by atoms with Crippen molar-refractivity contribution in [2.75, 3.05) is 0 Å². The number of hydrogen-bond acceptors (Lipinski definition) is 1. The number of aromatic nitrogens is 3. The number of rotatable bonds is 1. The molecule has 0 saturated heterocycles. The molecule has 0 spiro atoms. The number of para-hydroxylation sites is 1. The molecule has 0 fully saturated rings. The minimum Gasteiger partial charge on any atom is -0.355 e. The molecule has 0 unspecified atom stereocenters. The van der Waals surface area contributed by atoms with Gasteiger partial charge in [-0.1, -0.05) is 66.7 Å². The summed E-state index contributed by atoms with van der Waals surface area (Å²) in [5.74, 6) is 0.171. The molecule has 176 valence electrons. The Morgan fingerprint density at radius 3 is 2.00 bits per heavy atom. The summed E-state index contributed by atoms with van der Waals surface area (Å²) in [5.41, 5.74) is 13.8. The molecule has 2 bridgehead atoms. The van der Waals surface area contributed by atoms with Crippen LogP contribution >= 0.6 is 0 Å². The Labute approximate surface area is 218 Å². The van der Waals surface area contributed by atoms with Crippen LogP contribution in [0.25, 0.3) is 43.4 Å². The number of imidazole rings is 1. The molecule has 3 aliphatic rings. The molecule has 0 atom stereocenters. The number of nitrogens with zero attached hydrogens (tertiary/aromatic N) is 3. The minimum atomic E-state index is 0.0712. The van der Waals surface area contributed by atoms with E-state index in [4.69, 9.17) is 11.6 Å². The van der Waals surface area contributed by atoms with Crippen molar-refractivity contribution in [3.05, 3.63) is 148 Å². The molecule has 4 heteroatoms. The maximum Gasteiger partial charge on any atom is 0.193 e. The molecule has 38 heavy (non-hydrogen) atoms. The molecule has 0 aliphatic heterocycles. The summed E-state index contributed by atoms with van der Waals surface area (Å²) in [6.45, 7) is 8.16. The largest absolute Gasteiger partial charge is 0.355 e. The van der Waals surface area contributed by atoms with Crippen LogP contribution in [0.4, 0.5) is 5.69 Å². The van der Waals surface area contributed by atoms with Gasteiger partial charge >= 0.3 is 0 Å². The molecule has 10 rings (SSSR count). The Morgan fingerprint density at radius 1 is 0.711 bits per heavy atom. The van der Waals surface area contributed by atoms with E-state index in [0.717, 1.165) is 33.4 Å². The summed E-state index contributed by atoms with van der Waals surface area (Å²) in [5, 5.41) is 2.39. The van der Waals surface area contributed by atoms with Crippen LogP contribution in [0.15, 0.2) is 103 Å². The third-order valence-electron chi connectivity index (χ3n) is 8.58. The van der Waals surface area contributed by atoms with Gasteiger partial charge < -0.3 is 4.98 Å². The van der Waals surface area contributed by atoms with E-state index in [1.807, 2.05) is 24.5 Å². The fourth-order valence-electron chi connectivity index (χ4n) is 7.12. The molecule has 2 aromatic heterocycles. The summed E-state index contributed by atoms with van der Waals surface area (Å²) >= 11 is 0. The smallest absolute Gasteiger partial charge is 0.193 e. The highest BCUT2D eigenvalue weighted by Gasteiger charge is 2.43. The number of fused-ring (bicyclic) bond motifs is 4. The predicted molar refractivity (Wildman–Crippen MR) is 151 cm³/mol. The Balaban J connectivity index is 1.41. The number of nitrogens with one attached hydrogen (secondary N) is 1. The number of aromatic amines is 1. The molecule has 0 saturated carbocycles. The van der Waals surface area contributed by atoms with Crippen molar-refractivity contribution in [1.82, 2.24) is 14.5 Å². The SMILES string of the molecule is [C-]#[N+]c1cc2[nH]c3cc4c(cc3c2c2c1C1c3ccccc3C2c2ccccc21)ncn4-c1ccccc1. The second kappa shape index (κ2) is 7.00. The van der Waals surface area contributed by atoms with E-state index < -0.39 is 0 Å². The van der Waals surface area contributed by atoms with Crippen LogP contribution in [0.1, 0.15) is 45.2 Å². The molecular formula is C34H20N4. The predicted octanol–water partition coefficient (Wildman–Crippen LogP) is 8.20. The second-order valence-electron chi connectivity index (χ2n) is 10.3. The van der Waals surface area contributed by atoms with Gasteiger partial charge in [-0.25, -0.2) is 9.83 Å². The highest BCUT2D eigenvalue weighted by Crippen LogP contribution is 2.60. The van der Waals surface area contributed by atoms with E-state index in [-0.39, 0.29) is 11.8 Å². The Bertz CT molecular complexity index is 2110. The molecule has 0 radical (unpaired) electrons. The van der Waals surface area contributed by atoms with Gasteiger partial charge in [0.15, 0.2) is 5.69 Å². The first kappa shape index (κ1) is 20.0. The van der Waals surface area contributed by atoms with E-state index >= 15 is 0 Å². The summed E-state index contributed by atoms with van der Waals surface area (Å²) in [6, 6.07) is 34.4. The van der Waals surface area contributed by atoms with Crippen molar-refractivity contribution in [1.29, 1.82) is 0 Å². The van der Waals surface area contributed by atoms with Gasteiger partial charge in [0.1, 0.15) is 6.33 Å². The van der Waals surface area contributed by atoms with Gasteiger partial charge in [0.25, 0.3) is 0 Å². The maximum absolute atomic E-state index is 8.16. The molecular weight excluding hydrogens is 464 g/mol. The third-order valence-corrected chi connectivity index (χ3v) is 8.58. The van der Waals surface area contributed by atoms with Crippen LogP contribution in [-0.4, -0.2) is 14.5 Å². The van der Waals surface area contributed by atoms with Gasteiger partial charge in [0.2, 0.25) is 0 Å². The number of hydrogen-bond donors (Lipinski definition) is 1. The molecule has 3 aliphatic carbocycles. The van der Waals surface area contributed by atoms with Crippen molar-refractivity contribution in [2.45, 2.75) is 11.8 Å². The van der Waals surface area contributed by atoms with Crippen LogP contribution in [0.3, 0.4) is 0 Å². The van der Waals surface area contributed by atoms with Crippen LogP contribution in [0, 0.1) is 6.57 Å². The molecule has 5 aromatic carbocycles. The van der Waals surface area contributed by atoms with Crippen LogP contribution in [0.2, 0.25) is 0 Å². The normalized spacial score (nSPS) is 16.9. The van der Waals surface area contributed by atoms with Crippen molar-refractivity contribution in [2.24, 2.45) is 0 Å². The van der Waals surface area contributed by atoms with Gasteiger partial charge in [-0.05, 0) is 63.7 Å². The highest BCUT2D eigenvalue weighted by molar-refractivity contribution is 6.15. The van der Waals surface area contributed by atoms with Gasteiger partial charge in [-0.2, -0.15) is 0 Å². The fraction of sp³-hybridized carbons (Fsp3) is 0.0588. The number of H-pyrrole nitrogens is 1. The van der Waals surface area contributed by atoms with Crippen LogP contribution in [0.5, 0.6) is 0 Å². The topological polar surface area (TPSA) is 38.0 Å². The van der Waals surface area contributed by atoms with E-state index in [2.05, 4.69) is 93.3 Å². The van der Waals surface area contributed by atoms with Gasteiger partial charge in [-0.15, -0.1) is 0 Å². The molecule has 2 heterocycles. The van der Waals surface area contributed by atoms with Crippen molar-refractivity contribution < 1.29 is 0 Å². The van der Waals surface area contributed by atoms with Crippen molar-refractivity contribution in [3.63, 3.8) is 0 Å². The molecule has 1 N–H and O–H groups in total. The van der Waals surface area contributed by atoms with Crippen molar-refractivity contribution >= 4 is 38.5 Å². The standard InChI is InChI=1S/C34H20N4/c1-35-27-16-28-32(24-15-26-29(17-25(24)37-28)38(18-36-26)19-9-3-2-4-10-19)34-31-22-13-7-5-11-20(22)30(33(27)34)21-12-6-8-14-23(21)31/h2-18,30-31,37H. The first-order valence-electron chi connectivity index (χ1n) is 12.9. The Morgan fingerprint density at radius 2 is 1.34 bits per heavy atom. The summed E-state index contributed by atoms with van der Waals surface area (Å²) in [4.78, 5) is 12.6. The summed E-state index contributed by atoms with van der Waals surface area (Å²) in [7, 11) is 0. The van der Waals surface area contributed by atoms with E-state index in [1.54, 1.807) is 0 Å². The van der Waals surface area contributed by atoms with Gasteiger partial charge in [0.05, 0.1) is 17.6 Å². The molecule has 0 amide bonds. The lowest BCUT2D eigenvalue weighted by molar-refractivity contribution is 0.764.